The fraction of sp³-hybridized carbons (Fsp3) is 0.375. The SMILES string of the molecule is O=c1cc(O)n(C2CCN(Cc3ccccc3)CC2)c(=O)[nH]1. The van der Waals surface area contributed by atoms with Crippen molar-refractivity contribution in [3.63, 3.8) is 0 Å². The van der Waals surface area contributed by atoms with Crippen LogP contribution in [0.5, 0.6) is 5.88 Å². The molecule has 0 atom stereocenters. The Kier molecular flexibility index (Phi) is 4.11. The summed E-state index contributed by atoms with van der Waals surface area (Å²) in [5.41, 5.74) is 0.164. The molecule has 22 heavy (non-hydrogen) atoms. The summed E-state index contributed by atoms with van der Waals surface area (Å²) in [6, 6.07) is 11.2. The Hall–Kier alpha value is -2.34. The average molecular weight is 301 g/mol. The van der Waals surface area contributed by atoms with E-state index in [-0.39, 0.29) is 11.9 Å². The molecule has 2 aromatic rings. The number of H-pyrrole nitrogens is 1. The molecule has 0 aliphatic carbocycles. The predicted octanol–water partition coefficient (Wildman–Crippen LogP) is 1.08. The lowest BCUT2D eigenvalue weighted by molar-refractivity contribution is 0.170. The van der Waals surface area contributed by atoms with E-state index in [1.807, 2.05) is 18.2 Å². The molecule has 2 N–H and O–H groups in total. The molecular weight excluding hydrogens is 282 g/mol. The molecule has 2 heterocycles. The molecule has 6 heteroatoms. The Morgan fingerprint density at radius 2 is 1.82 bits per heavy atom. The third-order valence-corrected chi connectivity index (χ3v) is 4.13. The number of benzene rings is 1. The molecule has 0 spiro atoms. The third-order valence-electron chi connectivity index (χ3n) is 4.13. The van der Waals surface area contributed by atoms with Gasteiger partial charge in [0.2, 0.25) is 5.88 Å². The highest BCUT2D eigenvalue weighted by Gasteiger charge is 2.23. The molecule has 116 valence electrons. The molecule has 6 nitrogen and oxygen atoms in total. The molecule has 0 unspecified atom stereocenters. The Labute approximate surface area is 127 Å². The first-order chi connectivity index (χ1) is 10.6. The van der Waals surface area contributed by atoms with E-state index >= 15 is 0 Å². The van der Waals surface area contributed by atoms with E-state index in [9.17, 15) is 14.7 Å². The highest BCUT2D eigenvalue weighted by Crippen LogP contribution is 2.24. The summed E-state index contributed by atoms with van der Waals surface area (Å²) >= 11 is 0. The molecule has 1 aliphatic heterocycles. The smallest absolute Gasteiger partial charge is 0.331 e. The van der Waals surface area contributed by atoms with Gasteiger partial charge in [-0.15, -0.1) is 0 Å². The van der Waals surface area contributed by atoms with Gasteiger partial charge in [-0.25, -0.2) is 4.79 Å². The Balaban J connectivity index is 1.67. The second kappa shape index (κ2) is 6.19. The first-order valence-electron chi connectivity index (χ1n) is 7.44. The number of piperidine rings is 1. The highest BCUT2D eigenvalue weighted by molar-refractivity contribution is 5.14. The maximum Gasteiger partial charge on any atom is 0.331 e. The molecular formula is C16H19N3O3. The van der Waals surface area contributed by atoms with Crippen LogP contribution in [0.2, 0.25) is 0 Å². The largest absolute Gasteiger partial charge is 0.494 e. The summed E-state index contributed by atoms with van der Waals surface area (Å²) in [5.74, 6) is -0.254. The number of hydrogen-bond donors (Lipinski definition) is 2. The number of nitrogens with one attached hydrogen (secondary N) is 1. The van der Waals surface area contributed by atoms with Crippen molar-refractivity contribution in [1.29, 1.82) is 0 Å². The van der Waals surface area contributed by atoms with E-state index in [1.54, 1.807) is 0 Å². The minimum absolute atomic E-state index is 0.0728. The predicted molar refractivity (Wildman–Crippen MR) is 83.0 cm³/mol. The van der Waals surface area contributed by atoms with Crippen molar-refractivity contribution in [2.24, 2.45) is 0 Å². The van der Waals surface area contributed by atoms with Gasteiger partial charge in [0.15, 0.2) is 0 Å². The summed E-state index contributed by atoms with van der Waals surface area (Å²) in [6.07, 6.45) is 1.54. The van der Waals surface area contributed by atoms with Crippen LogP contribution < -0.4 is 11.2 Å². The van der Waals surface area contributed by atoms with Crippen molar-refractivity contribution in [3.05, 3.63) is 62.8 Å². The van der Waals surface area contributed by atoms with Crippen molar-refractivity contribution in [3.8, 4) is 5.88 Å². The lowest BCUT2D eigenvalue weighted by Gasteiger charge is -2.32. The Bertz CT molecular complexity index is 743. The van der Waals surface area contributed by atoms with Gasteiger partial charge in [0, 0.05) is 25.7 Å². The number of aromatic hydroxyl groups is 1. The Morgan fingerprint density at radius 3 is 2.45 bits per heavy atom. The van der Waals surface area contributed by atoms with Crippen LogP contribution in [0.1, 0.15) is 24.4 Å². The van der Waals surface area contributed by atoms with Crippen LogP contribution in [-0.4, -0.2) is 32.6 Å². The van der Waals surface area contributed by atoms with Gasteiger partial charge in [0.25, 0.3) is 5.56 Å². The average Bonchev–Trinajstić information content (AvgIpc) is 2.49. The summed E-state index contributed by atoms with van der Waals surface area (Å²) in [7, 11) is 0. The summed E-state index contributed by atoms with van der Waals surface area (Å²) in [6.45, 7) is 2.59. The number of nitrogens with zero attached hydrogens (tertiary/aromatic N) is 2. The molecule has 0 bridgehead atoms. The van der Waals surface area contributed by atoms with Crippen LogP contribution >= 0.6 is 0 Å². The lowest BCUT2D eigenvalue weighted by Crippen LogP contribution is -2.39. The molecule has 0 radical (unpaired) electrons. The van der Waals surface area contributed by atoms with Crippen molar-refractivity contribution in [2.75, 3.05) is 13.1 Å². The number of rotatable bonds is 3. The summed E-state index contributed by atoms with van der Waals surface area (Å²) in [4.78, 5) is 27.6. The van der Waals surface area contributed by atoms with Gasteiger partial charge in [-0.1, -0.05) is 30.3 Å². The van der Waals surface area contributed by atoms with Gasteiger partial charge in [-0.3, -0.25) is 19.2 Å². The molecule has 0 saturated carbocycles. The van der Waals surface area contributed by atoms with E-state index < -0.39 is 11.2 Å². The van der Waals surface area contributed by atoms with E-state index in [2.05, 4.69) is 22.0 Å². The van der Waals surface area contributed by atoms with Crippen LogP contribution in [0.3, 0.4) is 0 Å². The number of aromatic amines is 1. The standard InChI is InChI=1S/C16H19N3O3/c20-14-10-15(21)19(16(22)17-14)13-6-8-18(9-7-13)11-12-4-2-1-3-5-12/h1-5,10,13,21H,6-9,11H2,(H,17,20,22). The van der Waals surface area contributed by atoms with Crippen LogP contribution in [0.25, 0.3) is 0 Å². The van der Waals surface area contributed by atoms with Crippen LogP contribution in [0, 0.1) is 0 Å². The molecule has 3 rings (SSSR count). The molecule has 1 aromatic heterocycles. The molecule has 1 aliphatic rings. The van der Waals surface area contributed by atoms with Crippen LogP contribution in [0.4, 0.5) is 0 Å². The highest BCUT2D eigenvalue weighted by atomic mass is 16.3. The number of hydrogen-bond acceptors (Lipinski definition) is 4. The minimum Gasteiger partial charge on any atom is -0.494 e. The third kappa shape index (κ3) is 3.12. The molecule has 0 amide bonds. The molecule has 1 fully saturated rings. The zero-order chi connectivity index (χ0) is 15.5. The maximum atomic E-state index is 11.9. The van der Waals surface area contributed by atoms with E-state index in [1.165, 1.54) is 10.1 Å². The van der Waals surface area contributed by atoms with Crippen LogP contribution in [0.15, 0.2) is 46.0 Å². The second-order valence-corrected chi connectivity index (χ2v) is 5.66. The van der Waals surface area contributed by atoms with E-state index in [0.717, 1.165) is 38.5 Å². The Morgan fingerprint density at radius 1 is 1.14 bits per heavy atom. The zero-order valence-electron chi connectivity index (χ0n) is 12.2. The van der Waals surface area contributed by atoms with E-state index in [4.69, 9.17) is 0 Å². The topological polar surface area (TPSA) is 78.3 Å². The first-order valence-corrected chi connectivity index (χ1v) is 7.44. The van der Waals surface area contributed by atoms with Crippen molar-refractivity contribution in [2.45, 2.75) is 25.4 Å². The fourth-order valence-corrected chi connectivity index (χ4v) is 3.02. The minimum atomic E-state index is -0.569. The number of likely N-dealkylation sites (tertiary alicyclic amines) is 1. The second-order valence-electron chi connectivity index (χ2n) is 5.66. The van der Waals surface area contributed by atoms with Gasteiger partial charge in [-0.2, -0.15) is 0 Å². The van der Waals surface area contributed by atoms with Gasteiger partial charge >= 0.3 is 5.69 Å². The quantitative estimate of drug-likeness (QED) is 0.889. The van der Waals surface area contributed by atoms with Gasteiger partial charge in [0.1, 0.15) is 0 Å². The summed E-state index contributed by atoms with van der Waals surface area (Å²) in [5, 5.41) is 9.85. The zero-order valence-corrected chi connectivity index (χ0v) is 12.2. The lowest BCUT2D eigenvalue weighted by atomic mass is 10.0. The van der Waals surface area contributed by atoms with Crippen molar-refractivity contribution < 1.29 is 5.11 Å². The number of aromatic nitrogens is 2. The van der Waals surface area contributed by atoms with Gasteiger partial charge in [-0.05, 0) is 18.4 Å². The monoisotopic (exact) mass is 301 g/mol. The van der Waals surface area contributed by atoms with Gasteiger partial charge < -0.3 is 5.11 Å². The maximum absolute atomic E-state index is 11.9. The first kappa shape index (κ1) is 14.6. The van der Waals surface area contributed by atoms with Crippen molar-refractivity contribution in [1.82, 2.24) is 14.5 Å². The van der Waals surface area contributed by atoms with Crippen molar-refractivity contribution >= 4 is 0 Å². The van der Waals surface area contributed by atoms with Gasteiger partial charge in [0.05, 0.1) is 6.07 Å². The normalized spacial score (nSPS) is 16.7. The molecule has 1 saturated heterocycles. The fourth-order valence-electron chi connectivity index (χ4n) is 3.02. The summed E-state index contributed by atoms with van der Waals surface area (Å²) < 4.78 is 1.29. The molecule has 1 aromatic carbocycles. The van der Waals surface area contributed by atoms with Crippen LogP contribution in [-0.2, 0) is 6.54 Å². The van der Waals surface area contributed by atoms with E-state index in [0.29, 0.717) is 0 Å².